The number of hydrogen-bond donors (Lipinski definition) is 0. The number of pyridine rings is 1. The van der Waals surface area contributed by atoms with Gasteiger partial charge in [0, 0.05) is 12.0 Å². The van der Waals surface area contributed by atoms with Crippen LogP contribution in [0.1, 0.15) is 23.4 Å². The molecule has 6 nitrogen and oxygen atoms in total. The molecule has 1 aliphatic rings. The van der Waals surface area contributed by atoms with Gasteiger partial charge in [0.2, 0.25) is 0 Å². The second-order valence-electron chi connectivity index (χ2n) is 8.47. The van der Waals surface area contributed by atoms with Crippen molar-refractivity contribution in [2.75, 3.05) is 33.9 Å². The van der Waals surface area contributed by atoms with E-state index in [2.05, 4.69) is 49.3 Å². The quantitative estimate of drug-likeness (QED) is 0.440. The van der Waals surface area contributed by atoms with Crippen LogP contribution in [0.5, 0.6) is 11.5 Å². The fourth-order valence-corrected chi connectivity index (χ4v) is 4.05. The topological polar surface area (TPSA) is 51.9 Å². The Morgan fingerprint density at radius 3 is 2.50 bits per heavy atom. The van der Waals surface area contributed by atoms with Crippen LogP contribution >= 0.6 is 0 Å². The van der Waals surface area contributed by atoms with Crippen molar-refractivity contribution in [3.8, 4) is 22.8 Å². The lowest BCUT2D eigenvalue weighted by molar-refractivity contribution is 0.171. The van der Waals surface area contributed by atoms with E-state index in [9.17, 15) is 0 Å². The number of fused-ring (bicyclic) bond motifs is 2. The van der Waals surface area contributed by atoms with E-state index in [4.69, 9.17) is 19.6 Å². The molecule has 0 saturated carbocycles. The second kappa shape index (κ2) is 9.01. The standard InChI is InChI=1S/C26H28N4O2/c1-29(2)14-4-5-19-8-10-20(11-9-19)17-25-27-26-7-3-6-22(30(26)28-25)21-12-13-23-24(18-21)32-16-15-31-23/h3,6-13,18H,4-5,14-17H2,1-2H3. The molecule has 2 aromatic carbocycles. The van der Waals surface area contributed by atoms with Crippen LogP contribution in [-0.4, -0.2) is 53.4 Å². The van der Waals surface area contributed by atoms with Crippen LogP contribution in [0.15, 0.2) is 60.7 Å². The molecule has 6 heteroatoms. The third-order valence-electron chi connectivity index (χ3n) is 5.70. The molecule has 0 radical (unpaired) electrons. The van der Waals surface area contributed by atoms with E-state index in [1.54, 1.807) is 0 Å². The number of rotatable bonds is 7. The Hall–Kier alpha value is -3.38. The highest BCUT2D eigenvalue weighted by atomic mass is 16.6. The van der Waals surface area contributed by atoms with Gasteiger partial charge >= 0.3 is 0 Å². The maximum absolute atomic E-state index is 5.75. The van der Waals surface area contributed by atoms with Crippen molar-refractivity contribution in [3.05, 3.63) is 77.6 Å². The molecule has 0 fully saturated rings. The molecule has 32 heavy (non-hydrogen) atoms. The van der Waals surface area contributed by atoms with E-state index < -0.39 is 0 Å². The molecule has 0 N–H and O–H groups in total. The molecule has 0 amide bonds. The van der Waals surface area contributed by atoms with Crippen molar-refractivity contribution in [3.63, 3.8) is 0 Å². The summed E-state index contributed by atoms with van der Waals surface area (Å²) in [5, 5.41) is 4.82. The first-order valence-electron chi connectivity index (χ1n) is 11.1. The van der Waals surface area contributed by atoms with Gasteiger partial charge < -0.3 is 14.4 Å². The molecule has 5 rings (SSSR count). The number of nitrogens with zero attached hydrogens (tertiary/aromatic N) is 4. The maximum Gasteiger partial charge on any atom is 0.162 e. The Morgan fingerprint density at radius 1 is 0.906 bits per heavy atom. The summed E-state index contributed by atoms with van der Waals surface area (Å²) >= 11 is 0. The lowest BCUT2D eigenvalue weighted by Gasteiger charge is -2.19. The van der Waals surface area contributed by atoms with Crippen LogP contribution in [0, 0.1) is 0 Å². The van der Waals surface area contributed by atoms with E-state index in [-0.39, 0.29) is 0 Å². The molecule has 0 saturated heterocycles. The first-order valence-corrected chi connectivity index (χ1v) is 11.1. The Labute approximate surface area is 188 Å². The van der Waals surface area contributed by atoms with E-state index in [1.807, 2.05) is 34.8 Å². The summed E-state index contributed by atoms with van der Waals surface area (Å²) in [5.74, 6) is 2.38. The molecule has 0 atom stereocenters. The summed E-state index contributed by atoms with van der Waals surface area (Å²) in [4.78, 5) is 6.99. The zero-order valence-corrected chi connectivity index (χ0v) is 18.6. The minimum atomic E-state index is 0.572. The third kappa shape index (κ3) is 4.46. The summed E-state index contributed by atoms with van der Waals surface area (Å²) in [7, 11) is 4.23. The van der Waals surface area contributed by atoms with Crippen LogP contribution in [0.3, 0.4) is 0 Å². The molecule has 0 bridgehead atoms. The minimum Gasteiger partial charge on any atom is -0.486 e. The predicted molar refractivity (Wildman–Crippen MR) is 126 cm³/mol. The van der Waals surface area contributed by atoms with Crippen LogP contribution in [0.25, 0.3) is 16.9 Å². The fourth-order valence-electron chi connectivity index (χ4n) is 4.05. The highest BCUT2D eigenvalue weighted by Crippen LogP contribution is 2.34. The van der Waals surface area contributed by atoms with Gasteiger partial charge in [-0.15, -0.1) is 0 Å². The molecular weight excluding hydrogens is 400 g/mol. The highest BCUT2D eigenvalue weighted by Gasteiger charge is 2.15. The summed E-state index contributed by atoms with van der Waals surface area (Å²) in [6, 6.07) is 20.9. The minimum absolute atomic E-state index is 0.572. The number of benzene rings is 2. The molecule has 4 aromatic rings. The van der Waals surface area contributed by atoms with Gasteiger partial charge in [0.1, 0.15) is 13.2 Å². The lowest BCUT2D eigenvalue weighted by Crippen LogP contribution is -2.15. The summed E-state index contributed by atoms with van der Waals surface area (Å²) in [6.45, 7) is 2.27. The van der Waals surface area contributed by atoms with Crippen LogP contribution in [-0.2, 0) is 12.8 Å². The van der Waals surface area contributed by atoms with Gasteiger partial charge in [0.15, 0.2) is 23.0 Å². The average Bonchev–Trinajstić information content (AvgIpc) is 3.22. The third-order valence-corrected chi connectivity index (χ3v) is 5.70. The molecule has 1 aliphatic heterocycles. The van der Waals surface area contributed by atoms with Crippen LogP contribution in [0.4, 0.5) is 0 Å². The Balaban J connectivity index is 1.35. The van der Waals surface area contributed by atoms with Crippen molar-refractivity contribution in [2.45, 2.75) is 19.3 Å². The molecular formula is C26H28N4O2. The molecule has 3 heterocycles. The summed E-state index contributed by atoms with van der Waals surface area (Å²) in [5.41, 5.74) is 5.44. The van der Waals surface area contributed by atoms with Crippen LogP contribution < -0.4 is 9.47 Å². The molecule has 0 aliphatic carbocycles. The Kier molecular flexibility index (Phi) is 5.77. The van der Waals surface area contributed by atoms with Gasteiger partial charge in [0.05, 0.1) is 5.69 Å². The van der Waals surface area contributed by atoms with Gasteiger partial charge in [-0.3, -0.25) is 0 Å². The predicted octanol–water partition coefficient (Wildman–Crippen LogP) is 4.25. The smallest absolute Gasteiger partial charge is 0.162 e. The van der Waals surface area contributed by atoms with Crippen molar-refractivity contribution in [1.82, 2.24) is 19.5 Å². The second-order valence-corrected chi connectivity index (χ2v) is 8.47. The lowest BCUT2D eigenvalue weighted by atomic mass is 10.1. The number of aryl methyl sites for hydroxylation is 1. The molecule has 0 unspecified atom stereocenters. The highest BCUT2D eigenvalue weighted by molar-refractivity contribution is 5.66. The van der Waals surface area contributed by atoms with Gasteiger partial charge in [0.25, 0.3) is 0 Å². The van der Waals surface area contributed by atoms with Crippen molar-refractivity contribution < 1.29 is 9.47 Å². The number of hydrogen-bond acceptors (Lipinski definition) is 5. The van der Waals surface area contributed by atoms with Gasteiger partial charge in [-0.05, 0) is 74.9 Å². The van der Waals surface area contributed by atoms with Gasteiger partial charge in [-0.25, -0.2) is 9.50 Å². The van der Waals surface area contributed by atoms with E-state index >= 15 is 0 Å². The fraction of sp³-hybridized carbons (Fsp3) is 0.308. The zero-order valence-electron chi connectivity index (χ0n) is 18.6. The van der Waals surface area contributed by atoms with Crippen molar-refractivity contribution >= 4 is 5.65 Å². The monoisotopic (exact) mass is 428 g/mol. The van der Waals surface area contributed by atoms with Crippen molar-refractivity contribution in [1.29, 1.82) is 0 Å². The largest absolute Gasteiger partial charge is 0.486 e. The maximum atomic E-state index is 5.75. The van der Waals surface area contributed by atoms with E-state index in [1.165, 1.54) is 17.5 Å². The van der Waals surface area contributed by atoms with Crippen LogP contribution in [0.2, 0.25) is 0 Å². The molecule has 164 valence electrons. The summed E-state index contributed by atoms with van der Waals surface area (Å²) < 4.78 is 13.3. The number of ether oxygens (including phenoxy) is 2. The Morgan fingerprint density at radius 2 is 1.69 bits per heavy atom. The zero-order chi connectivity index (χ0) is 21.9. The Bertz CT molecular complexity index is 1210. The number of aromatic nitrogens is 3. The van der Waals surface area contributed by atoms with Gasteiger partial charge in [-0.2, -0.15) is 5.10 Å². The first kappa shape index (κ1) is 20.5. The van der Waals surface area contributed by atoms with Crippen molar-refractivity contribution in [2.24, 2.45) is 0 Å². The first-order chi connectivity index (χ1) is 15.7. The average molecular weight is 429 g/mol. The normalized spacial score (nSPS) is 13.1. The molecule has 2 aromatic heterocycles. The summed E-state index contributed by atoms with van der Waals surface area (Å²) in [6.07, 6.45) is 2.98. The van der Waals surface area contributed by atoms with E-state index in [0.717, 1.165) is 47.2 Å². The molecule has 0 spiro atoms. The SMILES string of the molecule is CN(C)CCCc1ccc(Cc2nc3cccc(-c4ccc5c(c4)OCCO5)n3n2)cc1. The van der Waals surface area contributed by atoms with E-state index in [0.29, 0.717) is 19.6 Å². The van der Waals surface area contributed by atoms with Gasteiger partial charge in [-0.1, -0.05) is 30.3 Å².